The Kier molecular flexibility index (Phi) is 11.4. The molecule has 0 heterocycles. The van der Waals surface area contributed by atoms with E-state index in [4.69, 9.17) is 9.84 Å². The number of carboxylic acid groups (broad SMARTS) is 1. The lowest BCUT2D eigenvalue weighted by atomic mass is 9.90. The third-order valence-electron chi connectivity index (χ3n) is 2.77. The molecule has 0 saturated heterocycles. The summed E-state index contributed by atoms with van der Waals surface area (Å²) in [5.41, 5.74) is 0. The molecular weight excluding hydrogens is 280 g/mol. The standard InChI is InChI=1S/C14H24O5.H2S/c1-9(2)12(14(17)18)8-11(15)6-5-7-13(16)19-10(3)4;/h9-10,12H,5-8H2,1-4H3,(H,17,18);1H2. The first-order chi connectivity index (χ1) is 8.73. The van der Waals surface area contributed by atoms with Crippen molar-refractivity contribution in [1.29, 1.82) is 0 Å². The number of carbonyl (C=O) groups excluding carboxylic acids is 2. The van der Waals surface area contributed by atoms with E-state index in [1.54, 1.807) is 27.7 Å². The van der Waals surface area contributed by atoms with Crippen LogP contribution in [0.15, 0.2) is 0 Å². The predicted molar refractivity (Wildman–Crippen MR) is 81.0 cm³/mol. The molecule has 0 fully saturated rings. The molecule has 0 aliphatic carbocycles. The second-order valence-corrected chi connectivity index (χ2v) is 5.32. The Morgan fingerprint density at radius 3 is 2.00 bits per heavy atom. The molecule has 0 bridgehead atoms. The maximum absolute atomic E-state index is 11.7. The van der Waals surface area contributed by atoms with Crippen LogP contribution in [-0.2, 0) is 19.1 Å². The quantitative estimate of drug-likeness (QED) is 0.662. The number of carboxylic acids is 1. The summed E-state index contributed by atoms with van der Waals surface area (Å²) in [4.78, 5) is 33.8. The third-order valence-corrected chi connectivity index (χ3v) is 2.77. The summed E-state index contributed by atoms with van der Waals surface area (Å²) in [6.45, 7) is 7.10. The first-order valence-electron chi connectivity index (χ1n) is 6.68. The maximum atomic E-state index is 11.7. The largest absolute Gasteiger partial charge is 0.481 e. The minimum Gasteiger partial charge on any atom is -0.481 e. The van der Waals surface area contributed by atoms with Crippen LogP contribution in [-0.4, -0.2) is 28.9 Å². The van der Waals surface area contributed by atoms with Gasteiger partial charge in [0, 0.05) is 19.3 Å². The molecule has 6 heteroatoms. The van der Waals surface area contributed by atoms with Crippen LogP contribution < -0.4 is 0 Å². The van der Waals surface area contributed by atoms with E-state index >= 15 is 0 Å². The lowest BCUT2D eigenvalue weighted by molar-refractivity contribution is -0.148. The lowest BCUT2D eigenvalue weighted by Gasteiger charge is -2.15. The second-order valence-electron chi connectivity index (χ2n) is 5.32. The molecule has 0 aromatic carbocycles. The Bertz CT molecular complexity index is 326. The SMILES string of the molecule is CC(C)OC(=O)CCCC(=O)CC(C(=O)O)C(C)C.S. The minimum absolute atomic E-state index is 0. The summed E-state index contributed by atoms with van der Waals surface area (Å²) in [5.74, 6) is -2.09. The van der Waals surface area contributed by atoms with Crippen LogP contribution in [0.1, 0.15) is 53.4 Å². The number of rotatable bonds is 9. The van der Waals surface area contributed by atoms with Crippen LogP contribution in [0.5, 0.6) is 0 Å². The fourth-order valence-electron chi connectivity index (χ4n) is 1.71. The van der Waals surface area contributed by atoms with Gasteiger partial charge in [-0.2, -0.15) is 13.5 Å². The Labute approximate surface area is 127 Å². The van der Waals surface area contributed by atoms with Crippen molar-refractivity contribution in [3.8, 4) is 0 Å². The van der Waals surface area contributed by atoms with Crippen molar-refractivity contribution < 1.29 is 24.2 Å². The summed E-state index contributed by atoms with van der Waals surface area (Å²) in [6, 6.07) is 0. The summed E-state index contributed by atoms with van der Waals surface area (Å²) >= 11 is 0. The Morgan fingerprint density at radius 2 is 1.60 bits per heavy atom. The van der Waals surface area contributed by atoms with E-state index in [0.717, 1.165) is 0 Å². The topological polar surface area (TPSA) is 80.7 Å². The highest BCUT2D eigenvalue weighted by atomic mass is 32.1. The van der Waals surface area contributed by atoms with Gasteiger partial charge in [-0.1, -0.05) is 13.8 Å². The lowest BCUT2D eigenvalue weighted by Crippen LogP contribution is -2.23. The molecule has 5 nitrogen and oxygen atoms in total. The van der Waals surface area contributed by atoms with E-state index in [1.807, 2.05) is 0 Å². The number of Topliss-reactive ketones (excluding diaryl/α,β-unsaturated/α-hetero) is 1. The van der Waals surface area contributed by atoms with Gasteiger partial charge in [0.25, 0.3) is 0 Å². The van der Waals surface area contributed by atoms with Crippen molar-refractivity contribution in [3.05, 3.63) is 0 Å². The smallest absolute Gasteiger partial charge is 0.307 e. The molecule has 20 heavy (non-hydrogen) atoms. The van der Waals surface area contributed by atoms with Gasteiger partial charge in [0.1, 0.15) is 5.78 Å². The normalized spacial score (nSPS) is 11.9. The van der Waals surface area contributed by atoms with E-state index in [1.165, 1.54) is 0 Å². The first-order valence-corrected chi connectivity index (χ1v) is 6.68. The molecule has 1 unspecified atom stereocenters. The highest BCUT2D eigenvalue weighted by Crippen LogP contribution is 2.17. The summed E-state index contributed by atoms with van der Waals surface area (Å²) in [5, 5.41) is 8.98. The molecule has 118 valence electrons. The van der Waals surface area contributed by atoms with Gasteiger partial charge in [0.2, 0.25) is 0 Å². The molecule has 0 aliphatic heterocycles. The molecule has 0 saturated carbocycles. The third kappa shape index (κ3) is 9.83. The number of ether oxygens (including phenoxy) is 1. The summed E-state index contributed by atoms with van der Waals surface area (Å²) in [7, 11) is 0. The monoisotopic (exact) mass is 306 g/mol. The van der Waals surface area contributed by atoms with Crippen molar-refractivity contribution in [3.63, 3.8) is 0 Å². The van der Waals surface area contributed by atoms with Crippen molar-refractivity contribution in [2.24, 2.45) is 11.8 Å². The second kappa shape index (κ2) is 10.7. The molecule has 1 atom stereocenters. The van der Waals surface area contributed by atoms with E-state index < -0.39 is 11.9 Å². The summed E-state index contributed by atoms with van der Waals surface area (Å²) in [6.07, 6.45) is 0.717. The van der Waals surface area contributed by atoms with Crippen molar-refractivity contribution in [1.82, 2.24) is 0 Å². The molecule has 0 rings (SSSR count). The number of carbonyl (C=O) groups is 3. The van der Waals surface area contributed by atoms with Crippen LogP contribution in [0, 0.1) is 11.8 Å². The van der Waals surface area contributed by atoms with E-state index in [-0.39, 0.29) is 56.5 Å². The fraction of sp³-hybridized carbons (Fsp3) is 0.786. The molecule has 0 radical (unpaired) electrons. The van der Waals surface area contributed by atoms with E-state index in [2.05, 4.69) is 0 Å². The minimum atomic E-state index is -0.942. The van der Waals surface area contributed by atoms with Gasteiger partial charge < -0.3 is 9.84 Å². The molecule has 0 aromatic rings. The number of ketones is 1. The zero-order valence-corrected chi connectivity index (χ0v) is 13.6. The van der Waals surface area contributed by atoms with Crippen LogP contribution in [0.3, 0.4) is 0 Å². The van der Waals surface area contributed by atoms with Gasteiger partial charge in [0.15, 0.2) is 0 Å². The Balaban J connectivity index is 0. The number of hydrogen-bond donors (Lipinski definition) is 1. The maximum Gasteiger partial charge on any atom is 0.307 e. The van der Waals surface area contributed by atoms with Gasteiger partial charge in [-0.05, 0) is 26.2 Å². The van der Waals surface area contributed by atoms with E-state index in [0.29, 0.717) is 6.42 Å². The van der Waals surface area contributed by atoms with E-state index in [9.17, 15) is 14.4 Å². The zero-order valence-electron chi connectivity index (χ0n) is 12.6. The molecule has 0 spiro atoms. The number of esters is 1. The molecule has 0 aliphatic rings. The first kappa shape index (κ1) is 21.3. The van der Waals surface area contributed by atoms with Gasteiger partial charge in [-0.25, -0.2) is 0 Å². The zero-order chi connectivity index (χ0) is 15.0. The highest BCUT2D eigenvalue weighted by Gasteiger charge is 2.24. The molecule has 0 amide bonds. The average molecular weight is 306 g/mol. The molecular formula is C14H26O5S. The summed E-state index contributed by atoms with van der Waals surface area (Å²) < 4.78 is 4.95. The highest BCUT2D eigenvalue weighted by molar-refractivity contribution is 7.59. The fourth-order valence-corrected chi connectivity index (χ4v) is 1.71. The van der Waals surface area contributed by atoms with Gasteiger partial charge in [-0.15, -0.1) is 0 Å². The van der Waals surface area contributed by atoms with Gasteiger partial charge in [-0.3, -0.25) is 14.4 Å². The van der Waals surface area contributed by atoms with Crippen molar-refractivity contribution >= 4 is 31.2 Å². The predicted octanol–water partition coefficient (Wildman–Crippen LogP) is 2.54. The number of hydrogen-bond acceptors (Lipinski definition) is 4. The number of aliphatic carboxylic acids is 1. The Morgan fingerprint density at radius 1 is 1.05 bits per heavy atom. The average Bonchev–Trinajstić information content (AvgIpc) is 2.23. The van der Waals surface area contributed by atoms with Crippen LogP contribution in [0.25, 0.3) is 0 Å². The van der Waals surface area contributed by atoms with Crippen LogP contribution >= 0.6 is 13.5 Å². The van der Waals surface area contributed by atoms with Crippen molar-refractivity contribution in [2.75, 3.05) is 0 Å². The molecule has 0 aromatic heterocycles. The van der Waals surface area contributed by atoms with Gasteiger partial charge >= 0.3 is 11.9 Å². The van der Waals surface area contributed by atoms with Crippen LogP contribution in [0.2, 0.25) is 0 Å². The van der Waals surface area contributed by atoms with Crippen molar-refractivity contribution in [2.45, 2.75) is 59.5 Å². The Hall–Kier alpha value is -1.04. The van der Waals surface area contributed by atoms with Gasteiger partial charge in [0.05, 0.1) is 12.0 Å². The van der Waals surface area contributed by atoms with Crippen LogP contribution in [0.4, 0.5) is 0 Å². The molecule has 1 N–H and O–H groups in total.